The third kappa shape index (κ3) is 9.30. The van der Waals surface area contributed by atoms with E-state index in [4.69, 9.17) is 23.7 Å². The van der Waals surface area contributed by atoms with E-state index in [1.165, 1.54) is 47.0 Å². The number of amides is 1. The second-order valence-corrected chi connectivity index (χ2v) is 14.1. The molecule has 0 saturated heterocycles. The summed E-state index contributed by atoms with van der Waals surface area (Å²) in [6.45, 7) is 11.3. The number of anilines is 1. The van der Waals surface area contributed by atoms with Crippen molar-refractivity contribution in [3.8, 4) is 23.0 Å². The molecule has 9 atom stereocenters. The van der Waals surface area contributed by atoms with Crippen LogP contribution in [0, 0.1) is 30.6 Å². The Labute approximate surface area is 341 Å². The van der Waals surface area contributed by atoms with E-state index in [0.717, 1.165) is 12.3 Å². The molecule has 294 valence electrons. The number of ether oxygens (including phenoxy) is 5. The molecular weight excluding hydrogens is 729 g/mol. The number of hydrogen-bond acceptors (Lipinski definition) is 14. The number of allylic oxidation sites excluding steroid dienone is 2. The summed E-state index contributed by atoms with van der Waals surface area (Å²) in [5, 5.41) is 58.9. The average molecular weight is 778 g/mol. The third-order valence-corrected chi connectivity index (χ3v) is 10.2. The van der Waals surface area contributed by atoms with Gasteiger partial charge in [-0.15, -0.1) is 0 Å². The number of aliphatic hydroxyl groups excluding tert-OH is 2. The van der Waals surface area contributed by atoms with Crippen LogP contribution in [0.15, 0.2) is 42.2 Å². The summed E-state index contributed by atoms with van der Waals surface area (Å²) in [4.78, 5) is 51.2. The molecule has 3 aliphatic rings. The smallest absolute Gasteiger partial charge is 0.546 e. The maximum atomic E-state index is 14.2. The number of carboxylic acids is 1. The fourth-order valence-corrected chi connectivity index (χ4v) is 6.89. The Kier molecular flexibility index (Phi) is 15.0. The van der Waals surface area contributed by atoms with Crippen LogP contribution in [0.25, 0.3) is 10.8 Å². The fraction of sp³-hybridized carbons (Fsp3) is 0.487. The van der Waals surface area contributed by atoms with Crippen molar-refractivity contribution in [2.75, 3.05) is 19.0 Å². The molecule has 16 heteroatoms. The Morgan fingerprint density at radius 3 is 2.24 bits per heavy atom. The Morgan fingerprint density at radius 2 is 1.64 bits per heavy atom. The molecule has 3 aliphatic heterocycles. The minimum Gasteiger partial charge on any atom is -0.546 e. The number of benzene rings is 2. The van der Waals surface area contributed by atoms with Gasteiger partial charge in [0, 0.05) is 67.2 Å². The molecule has 0 aliphatic carbocycles. The minimum atomic E-state index is -2.07. The first kappa shape index (κ1) is 45.3. The number of hydrogen-bond donors (Lipinski definition) is 5. The topological polar surface area (TPSA) is 230 Å². The first-order chi connectivity index (χ1) is 25.2. The Morgan fingerprint density at radius 1 is 0.982 bits per heavy atom. The summed E-state index contributed by atoms with van der Waals surface area (Å²) in [5.74, 6) is -9.94. The summed E-state index contributed by atoms with van der Waals surface area (Å²) >= 11 is 0. The van der Waals surface area contributed by atoms with Gasteiger partial charge in [0.05, 0.1) is 47.2 Å². The molecule has 0 fully saturated rings. The van der Waals surface area contributed by atoms with Crippen molar-refractivity contribution in [1.29, 1.82) is 0 Å². The number of aromatic hydroxyl groups is 2. The van der Waals surface area contributed by atoms with Crippen LogP contribution in [0.3, 0.4) is 0 Å². The standard InChI is InChI=1S/C39H49NO14.Na/c1-17-11-10-12-18(2)38(49)40-24-15-26(51-16-27(42)43)28-29(34(24)47)33(46)22(6)36-30(28)37(48)39(8,54-36)52-14-13-25(50-9)19(3)35(53-23(7)41)21(5)32(45)20(4)31(17)44;/h10-15,17,19-21,25,31-32,35,44-47H,16H2,1-9H3,(H,40,49)(H,42,43);/q;+1/p-1/b11-10+,14-13+,18-12+;/t17-,19+,20+,21+,25-,31?,32+,35+,39-;/m0./s1. The molecule has 0 aromatic heterocycles. The van der Waals surface area contributed by atoms with Crippen molar-refractivity contribution < 1.29 is 98.0 Å². The van der Waals surface area contributed by atoms with Crippen LogP contribution in [0.1, 0.15) is 64.4 Å². The third-order valence-electron chi connectivity index (χ3n) is 10.2. The number of Topliss-reactive ketones (excluding diaryl/α,β-unsaturated/α-hetero) is 1. The minimum absolute atomic E-state index is 0. The second kappa shape index (κ2) is 18.2. The maximum absolute atomic E-state index is 14.2. The Hall–Kier alpha value is -4.12. The first-order valence-electron chi connectivity index (χ1n) is 17.4. The van der Waals surface area contributed by atoms with E-state index in [2.05, 4.69) is 5.32 Å². The van der Waals surface area contributed by atoms with Gasteiger partial charge in [-0.05, 0) is 19.9 Å². The van der Waals surface area contributed by atoms with Crippen LogP contribution < -0.4 is 49.5 Å². The number of nitrogens with one attached hydrogen (secondary N) is 1. The number of aliphatic carboxylic acids is 1. The summed E-state index contributed by atoms with van der Waals surface area (Å²) < 4.78 is 28.8. The van der Waals surface area contributed by atoms with Crippen molar-refractivity contribution in [3.63, 3.8) is 0 Å². The number of phenols is 2. The van der Waals surface area contributed by atoms with Crippen LogP contribution in [0.4, 0.5) is 5.69 Å². The number of rotatable bonds is 5. The molecule has 0 radical (unpaired) electrons. The van der Waals surface area contributed by atoms with E-state index in [9.17, 15) is 44.7 Å². The van der Waals surface area contributed by atoms with Crippen LogP contribution in [0.5, 0.6) is 23.0 Å². The zero-order chi connectivity index (χ0) is 40.4. The molecular formula is C39H48NNaO14. The second-order valence-electron chi connectivity index (χ2n) is 14.1. The van der Waals surface area contributed by atoms with Crippen molar-refractivity contribution in [1.82, 2.24) is 0 Å². The molecule has 15 nitrogen and oxygen atoms in total. The Bertz CT molecular complexity index is 1910. The molecule has 2 aromatic rings. The number of phenolic OH excluding ortho intramolecular Hbond substituents is 2. The quantitative estimate of drug-likeness (QED) is 0.155. The molecule has 5 N–H and O–H groups in total. The number of carbonyl (C=O) groups excluding carboxylic acids is 4. The van der Waals surface area contributed by atoms with Crippen molar-refractivity contribution >= 4 is 40.1 Å². The number of aliphatic hydroxyl groups is 2. The molecule has 3 heterocycles. The van der Waals surface area contributed by atoms with Crippen LogP contribution in [0.2, 0.25) is 0 Å². The van der Waals surface area contributed by atoms with E-state index in [1.807, 2.05) is 0 Å². The van der Waals surface area contributed by atoms with Crippen LogP contribution >= 0.6 is 0 Å². The van der Waals surface area contributed by atoms with E-state index in [-0.39, 0.29) is 74.2 Å². The van der Waals surface area contributed by atoms with Gasteiger partial charge in [-0.25, -0.2) is 0 Å². The number of carbonyl (C=O) groups is 4. The largest absolute Gasteiger partial charge is 1.00 e. The van der Waals surface area contributed by atoms with Gasteiger partial charge in [0.2, 0.25) is 0 Å². The van der Waals surface area contributed by atoms with Gasteiger partial charge in [0.15, 0.2) is 5.75 Å². The van der Waals surface area contributed by atoms with Gasteiger partial charge in [-0.1, -0.05) is 45.9 Å². The first-order valence-corrected chi connectivity index (χ1v) is 17.4. The van der Waals surface area contributed by atoms with E-state index < -0.39 is 95.6 Å². The molecule has 1 amide bonds. The van der Waals surface area contributed by atoms with E-state index in [1.54, 1.807) is 39.8 Å². The van der Waals surface area contributed by atoms with Crippen molar-refractivity contribution in [3.05, 3.63) is 53.3 Å². The Balaban J connectivity index is 0.00000812. The predicted molar refractivity (Wildman–Crippen MR) is 193 cm³/mol. The molecule has 2 aromatic carbocycles. The molecule has 5 rings (SSSR count). The van der Waals surface area contributed by atoms with Gasteiger partial charge >= 0.3 is 41.3 Å². The predicted octanol–water partition coefficient (Wildman–Crippen LogP) is 0.181. The summed E-state index contributed by atoms with van der Waals surface area (Å²) in [7, 11) is 1.41. The van der Waals surface area contributed by atoms with Crippen molar-refractivity contribution in [2.24, 2.45) is 23.7 Å². The monoisotopic (exact) mass is 777 g/mol. The van der Waals surface area contributed by atoms with E-state index in [0.29, 0.717) is 0 Å². The summed E-state index contributed by atoms with van der Waals surface area (Å²) in [5.41, 5.74) is -0.314. The van der Waals surface area contributed by atoms with Gasteiger partial charge in [-0.2, -0.15) is 0 Å². The van der Waals surface area contributed by atoms with Gasteiger partial charge < -0.3 is 59.3 Å². The van der Waals surface area contributed by atoms with Crippen LogP contribution in [-0.2, 0) is 28.6 Å². The molecule has 5 bridgehead atoms. The average Bonchev–Trinajstić information content (AvgIpc) is 3.38. The molecule has 55 heavy (non-hydrogen) atoms. The SMILES string of the molecule is CO[C@H]1/C=C/O[C@@]2(C)Oc3c(C)c(O)c4c(O)c(cc(OCC(=O)[O-])c4c3C2=O)NC(=O)/C(C)=C/C=C/[C@H](C)C(O)[C@@H](C)[C@@H](O)[C@@H](C)[C@H](OC(C)=O)[C@@H]1C.[Na+]. The van der Waals surface area contributed by atoms with Crippen LogP contribution in [-0.4, -0.2) is 88.0 Å². The van der Waals surface area contributed by atoms with Gasteiger partial charge in [0.1, 0.15) is 30.0 Å². The summed E-state index contributed by atoms with van der Waals surface area (Å²) in [6.07, 6.45) is 3.32. The number of methoxy groups -OCH3 is 1. The number of fused-ring (bicyclic) bond motifs is 14. The molecule has 0 saturated carbocycles. The zero-order valence-corrected chi connectivity index (χ0v) is 34.7. The molecule has 1 unspecified atom stereocenters. The number of ketones is 1. The number of carboxylic acid groups (broad SMARTS) is 1. The molecule has 0 spiro atoms. The zero-order valence-electron chi connectivity index (χ0n) is 32.7. The summed E-state index contributed by atoms with van der Waals surface area (Å²) in [6, 6.07) is 1.11. The fourth-order valence-electron chi connectivity index (χ4n) is 6.89. The number of esters is 1. The normalized spacial score (nSPS) is 30.9. The maximum Gasteiger partial charge on any atom is 1.00 e. The van der Waals surface area contributed by atoms with E-state index >= 15 is 0 Å². The van der Waals surface area contributed by atoms with Crippen molar-refractivity contribution in [2.45, 2.75) is 85.6 Å². The van der Waals surface area contributed by atoms with Gasteiger partial charge in [-0.3, -0.25) is 14.4 Å². The van der Waals surface area contributed by atoms with Gasteiger partial charge in [0.25, 0.3) is 11.7 Å².